The second-order valence-corrected chi connectivity index (χ2v) is 9.26. The maximum absolute atomic E-state index is 4.89. The van der Waals surface area contributed by atoms with E-state index in [0.717, 1.165) is 68.3 Å². The molecular weight excluding hydrogens is 414 g/mol. The van der Waals surface area contributed by atoms with Crippen molar-refractivity contribution in [3.63, 3.8) is 0 Å². The van der Waals surface area contributed by atoms with Gasteiger partial charge in [0.25, 0.3) is 0 Å². The number of aryl methyl sites for hydroxylation is 1. The Kier molecular flexibility index (Phi) is 6.91. The summed E-state index contributed by atoms with van der Waals surface area (Å²) in [6, 6.07) is 6.23. The number of piperazine rings is 1. The van der Waals surface area contributed by atoms with Gasteiger partial charge in [-0.2, -0.15) is 0 Å². The highest BCUT2D eigenvalue weighted by Gasteiger charge is 2.21. The lowest BCUT2D eigenvalue weighted by Gasteiger charge is -2.36. The van der Waals surface area contributed by atoms with Crippen molar-refractivity contribution >= 4 is 34.6 Å². The number of thiazole rings is 1. The molecule has 0 radical (unpaired) electrons. The van der Waals surface area contributed by atoms with Gasteiger partial charge in [0.15, 0.2) is 5.96 Å². The predicted molar refractivity (Wildman–Crippen MR) is 126 cm³/mol. The number of guanidine groups is 1. The molecule has 158 valence electrons. The van der Waals surface area contributed by atoms with Crippen LogP contribution in [0.4, 0.5) is 5.95 Å². The number of nitrogens with zero attached hydrogens (tertiary/aromatic N) is 6. The van der Waals surface area contributed by atoms with Crippen molar-refractivity contribution < 1.29 is 0 Å². The first-order valence-electron chi connectivity index (χ1n) is 10.3. The van der Waals surface area contributed by atoms with Gasteiger partial charge in [0.2, 0.25) is 5.95 Å². The molecule has 1 fully saturated rings. The Morgan fingerprint density at radius 3 is 2.67 bits per heavy atom. The van der Waals surface area contributed by atoms with Crippen molar-refractivity contribution in [2.24, 2.45) is 4.99 Å². The molecule has 0 aromatic carbocycles. The van der Waals surface area contributed by atoms with Crippen molar-refractivity contribution in [1.82, 2.24) is 25.2 Å². The molecule has 4 rings (SSSR count). The van der Waals surface area contributed by atoms with Crippen LogP contribution in [0.15, 0.2) is 41.0 Å². The third kappa shape index (κ3) is 5.14. The molecule has 0 aliphatic carbocycles. The fraction of sp³-hybridized carbons (Fsp3) is 0.429. The number of aliphatic imine (C=N–C) groups is 1. The van der Waals surface area contributed by atoms with E-state index in [-0.39, 0.29) is 0 Å². The monoisotopic (exact) mass is 441 g/mol. The smallest absolute Gasteiger partial charge is 0.225 e. The van der Waals surface area contributed by atoms with Gasteiger partial charge in [-0.05, 0) is 32.0 Å². The Hall–Kier alpha value is -2.52. The lowest BCUT2D eigenvalue weighted by molar-refractivity contribution is 0.370. The number of thiophene rings is 1. The van der Waals surface area contributed by atoms with Crippen LogP contribution in [0.2, 0.25) is 0 Å². The Morgan fingerprint density at radius 2 is 1.97 bits per heavy atom. The van der Waals surface area contributed by atoms with Crippen LogP contribution in [0.3, 0.4) is 0 Å². The first-order valence-corrected chi connectivity index (χ1v) is 12.0. The number of aromatic nitrogens is 3. The van der Waals surface area contributed by atoms with Crippen LogP contribution in [-0.4, -0.2) is 65.1 Å². The fourth-order valence-corrected chi connectivity index (χ4v) is 5.04. The zero-order chi connectivity index (χ0) is 20.8. The Morgan fingerprint density at radius 1 is 1.17 bits per heavy atom. The van der Waals surface area contributed by atoms with Crippen molar-refractivity contribution in [1.29, 1.82) is 0 Å². The molecular formula is C21H27N7S2. The molecule has 1 saturated heterocycles. The predicted octanol–water partition coefficient (Wildman–Crippen LogP) is 3.30. The van der Waals surface area contributed by atoms with E-state index < -0.39 is 0 Å². The summed E-state index contributed by atoms with van der Waals surface area (Å²) in [6.07, 6.45) is 4.54. The quantitative estimate of drug-likeness (QED) is 0.468. The van der Waals surface area contributed by atoms with Crippen LogP contribution in [-0.2, 0) is 6.42 Å². The zero-order valence-electron chi connectivity index (χ0n) is 17.4. The van der Waals surface area contributed by atoms with Crippen LogP contribution < -0.4 is 10.2 Å². The van der Waals surface area contributed by atoms with Gasteiger partial charge in [-0.1, -0.05) is 0 Å². The maximum Gasteiger partial charge on any atom is 0.225 e. The van der Waals surface area contributed by atoms with E-state index in [2.05, 4.69) is 54.5 Å². The van der Waals surface area contributed by atoms with Gasteiger partial charge in [-0.15, -0.1) is 22.7 Å². The summed E-state index contributed by atoms with van der Waals surface area (Å²) in [5, 5.41) is 6.69. The molecule has 7 nitrogen and oxygen atoms in total. The van der Waals surface area contributed by atoms with Crippen molar-refractivity contribution in [3.8, 4) is 10.6 Å². The first kappa shape index (κ1) is 20.7. The van der Waals surface area contributed by atoms with Gasteiger partial charge < -0.3 is 15.1 Å². The number of hydrogen-bond acceptors (Lipinski definition) is 7. The summed E-state index contributed by atoms with van der Waals surface area (Å²) in [4.78, 5) is 25.4. The van der Waals surface area contributed by atoms with E-state index in [1.807, 2.05) is 24.3 Å². The summed E-state index contributed by atoms with van der Waals surface area (Å²) in [5.74, 6) is 1.81. The second-order valence-electron chi connectivity index (χ2n) is 7.03. The summed E-state index contributed by atoms with van der Waals surface area (Å²) < 4.78 is 0. The minimum absolute atomic E-state index is 0.778. The van der Waals surface area contributed by atoms with Crippen LogP contribution >= 0.6 is 22.7 Å². The zero-order valence-corrected chi connectivity index (χ0v) is 19.0. The Balaban J connectivity index is 1.32. The minimum atomic E-state index is 0.778. The summed E-state index contributed by atoms with van der Waals surface area (Å²) in [5.41, 5.74) is 1.09. The van der Waals surface area contributed by atoms with E-state index in [1.165, 1.54) is 9.75 Å². The Labute approximate surface area is 185 Å². The molecule has 0 saturated carbocycles. The molecule has 0 spiro atoms. The highest BCUT2D eigenvalue weighted by atomic mass is 32.1. The summed E-state index contributed by atoms with van der Waals surface area (Å²) in [6.45, 7) is 9.43. The van der Waals surface area contributed by atoms with Crippen molar-refractivity contribution in [3.05, 3.63) is 45.9 Å². The SMILES string of the molecule is CCNC(=NCCc1ccc(-c2csc(C)n2)s1)N1CCN(c2ncccn2)CC1. The lowest BCUT2D eigenvalue weighted by Crippen LogP contribution is -2.53. The van der Waals surface area contributed by atoms with Gasteiger partial charge in [-0.25, -0.2) is 15.0 Å². The van der Waals surface area contributed by atoms with Crippen LogP contribution in [0.1, 0.15) is 16.8 Å². The molecule has 1 aliphatic rings. The molecule has 0 unspecified atom stereocenters. The lowest BCUT2D eigenvalue weighted by atomic mass is 10.3. The molecule has 3 aromatic rings. The molecule has 0 amide bonds. The molecule has 9 heteroatoms. The number of hydrogen-bond donors (Lipinski definition) is 1. The molecule has 1 aliphatic heterocycles. The van der Waals surface area contributed by atoms with Crippen LogP contribution in [0.5, 0.6) is 0 Å². The standard InChI is InChI=1S/C21H27N7S2/c1-3-22-20(27-11-13-28(14-12-27)21-23-8-4-9-24-21)25-10-7-17-5-6-19(30-17)18-15-29-16(2)26-18/h4-6,8-9,15H,3,7,10-14H2,1-2H3,(H,22,25). The minimum Gasteiger partial charge on any atom is -0.357 e. The average Bonchev–Trinajstić information content (AvgIpc) is 3.43. The first-order chi connectivity index (χ1) is 14.7. The molecule has 30 heavy (non-hydrogen) atoms. The third-order valence-electron chi connectivity index (χ3n) is 4.90. The van der Waals surface area contributed by atoms with Crippen molar-refractivity contribution in [2.75, 3.05) is 44.2 Å². The second kappa shape index (κ2) is 9.99. The number of nitrogens with one attached hydrogen (secondary N) is 1. The van der Waals surface area contributed by atoms with Gasteiger partial charge >= 0.3 is 0 Å². The fourth-order valence-electron chi connectivity index (χ4n) is 3.40. The van der Waals surface area contributed by atoms with E-state index in [1.54, 1.807) is 23.7 Å². The summed E-state index contributed by atoms with van der Waals surface area (Å²) >= 11 is 3.52. The summed E-state index contributed by atoms with van der Waals surface area (Å²) in [7, 11) is 0. The normalized spacial score (nSPS) is 14.9. The van der Waals surface area contributed by atoms with E-state index in [4.69, 9.17) is 4.99 Å². The largest absolute Gasteiger partial charge is 0.357 e. The highest BCUT2D eigenvalue weighted by molar-refractivity contribution is 7.16. The van der Waals surface area contributed by atoms with Crippen molar-refractivity contribution in [2.45, 2.75) is 20.3 Å². The molecule has 4 heterocycles. The van der Waals surface area contributed by atoms with E-state index in [0.29, 0.717) is 0 Å². The third-order valence-corrected chi connectivity index (χ3v) is 6.84. The van der Waals surface area contributed by atoms with Gasteiger partial charge in [0.1, 0.15) is 0 Å². The van der Waals surface area contributed by atoms with Crippen LogP contribution in [0, 0.1) is 6.92 Å². The number of rotatable bonds is 6. The maximum atomic E-state index is 4.89. The highest BCUT2D eigenvalue weighted by Crippen LogP contribution is 2.29. The topological polar surface area (TPSA) is 69.5 Å². The molecule has 3 aromatic heterocycles. The van der Waals surface area contributed by atoms with Gasteiger partial charge in [0.05, 0.1) is 15.6 Å². The molecule has 0 atom stereocenters. The number of anilines is 1. The molecule has 0 bridgehead atoms. The average molecular weight is 442 g/mol. The van der Waals surface area contributed by atoms with Crippen LogP contribution in [0.25, 0.3) is 10.6 Å². The molecule has 1 N–H and O–H groups in total. The van der Waals surface area contributed by atoms with E-state index >= 15 is 0 Å². The van der Waals surface area contributed by atoms with E-state index in [9.17, 15) is 0 Å². The van der Waals surface area contributed by atoms with Gasteiger partial charge in [0, 0.05) is 68.3 Å². The van der Waals surface area contributed by atoms with Gasteiger partial charge in [-0.3, -0.25) is 4.99 Å². The Bertz CT molecular complexity index is 959.